The van der Waals surface area contributed by atoms with Crippen molar-refractivity contribution in [3.8, 4) is 5.75 Å². The zero-order valence-electron chi connectivity index (χ0n) is 15.2. The minimum absolute atomic E-state index is 0.121. The van der Waals surface area contributed by atoms with Crippen molar-refractivity contribution in [1.82, 2.24) is 4.90 Å². The van der Waals surface area contributed by atoms with Gasteiger partial charge in [0.25, 0.3) is 0 Å². The van der Waals surface area contributed by atoms with E-state index in [1.807, 2.05) is 4.90 Å². The molecule has 2 aliphatic rings. The van der Waals surface area contributed by atoms with Crippen LogP contribution in [0.25, 0.3) is 0 Å². The number of nitrogens with two attached hydrogens (primary N) is 2. The van der Waals surface area contributed by atoms with E-state index in [1.165, 1.54) is 0 Å². The van der Waals surface area contributed by atoms with Gasteiger partial charge < -0.3 is 21.1 Å². The Kier molecular flexibility index (Phi) is 6.14. The normalized spacial score (nSPS) is 24.3. The van der Waals surface area contributed by atoms with Crippen molar-refractivity contribution in [1.29, 1.82) is 0 Å². The molecule has 1 heterocycles. The molecule has 0 bridgehead atoms. The van der Waals surface area contributed by atoms with Gasteiger partial charge in [-0.3, -0.25) is 9.59 Å². The zero-order valence-corrected chi connectivity index (χ0v) is 15.2. The second-order valence-electron chi connectivity index (χ2n) is 7.52. The molecule has 1 aliphatic heterocycles. The lowest BCUT2D eigenvalue weighted by Crippen LogP contribution is -2.43. The van der Waals surface area contributed by atoms with Crippen LogP contribution in [-0.4, -0.2) is 41.9 Å². The Morgan fingerprint density at radius 2 is 1.69 bits per heavy atom. The predicted octanol–water partition coefficient (Wildman–Crippen LogP) is 2.06. The lowest BCUT2D eigenvalue weighted by molar-refractivity contribution is -0.132. The summed E-state index contributed by atoms with van der Waals surface area (Å²) in [6.45, 7) is 1.73. The molecular weight excluding hydrogens is 330 g/mol. The van der Waals surface area contributed by atoms with Crippen LogP contribution in [0.4, 0.5) is 0 Å². The van der Waals surface area contributed by atoms with Gasteiger partial charge >= 0.3 is 0 Å². The van der Waals surface area contributed by atoms with Crippen molar-refractivity contribution in [2.24, 2.45) is 17.4 Å². The maximum Gasteiger partial charge on any atom is 0.248 e. The summed E-state index contributed by atoms with van der Waals surface area (Å²) < 4.78 is 6.01. The molecule has 1 saturated carbocycles. The second-order valence-corrected chi connectivity index (χ2v) is 7.52. The number of nitrogens with zero attached hydrogens (tertiary/aromatic N) is 1. The first-order valence-electron chi connectivity index (χ1n) is 9.64. The minimum Gasteiger partial charge on any atom is -0.490 e. The summed E-state index contributed by atoms with van der Waals surface area (Å²) in [5.74, 6) is 0.945. The third-order valence-corrected chi connectivity index (χ3v) is 5.56. The fraction of sp³-hybridized carbons (Fsp3) is 0.600. The molecule has 0 spiro atoms. The average Bonchev–Trinajstić information content (AvgIpc) is 3.18. The van der Waals surface area contributed by atoms with Crippen molar-refractivity contribution < 1.29 is 14.3 Å². The van der Waals surface area contributed by atoms with Gasteiger partial charge in [0.1, 0.15) is 5.75 Å². The van der Waals surface area contributed by atoms with Crippen LogP contribution in [0.15, 0.2) is 24.3 Å². The Morgan fingerprint density at radius 1 is 1.08 bits per heavy atom. The van der Waals surface area contributed by atoms with E-state index in [1.54, 1.807) is 24.3 Å². The molecule has 4 N–H and O–H groups in total. The van der Waals surface area contributed by atoms with Crippen molar-refractivity contribution >= 4 is 11.8 Å². The third kappa shape index (κ3) is 4.75. The Bertz CT molecular complexity index is 618. The number of hydrogen-bond acceptors (Lipinski definition) is 4. The van der Waals surface area contributed by atoms with Crippen LogP contribution in [-0.2, 0) is 4.79 Å². The molecule has 1 aromatic carbocycles. The topological polar surface area (TPSA) is 98.6 Å². The van der Waals surface area contributed by atoms with Crippen LogP contribution in [0.1, 0.15) is 55.3 Å². The molecule has 1 aliphatic carbocycles. The molecule has 1 atom stereocenters. The van der Waals surface area contributed by atoms with E-state index in [9.17, 15) is 9.59 Å². The number of rotatable bonds is 6. The Hall–Kier alpha value is -2.08. The van der Waals surface area contributed by atoms with Crippen molar-refractivity contribution in [3.05, 3.63) is 29.8 Å². The average molecular weight is 359 g/mol. The summed E-state index contributed by atoms with van der Waals surface area (Å²) in [6, 6.07) is 6.59. The van der Waals surface area contributed by atoms with Crippen LogP contribution in [0.3, 0.4) is 0 Å². The standard InChI is InChI=1S/C20H29N3O3/c21-18(20(25)23-11-1-2-12-23)13-14-3-7-16(8-4-14)26-17-9-5-15(6-10-17)19(22)24/h5-6,9-10,14,16,18H,1-4,7-8,11-13,21H2,(H2,22,24)/t14?,16?,18-/m0/s1. The smallest absolute Gasteiger partial charge is 0.248 e. The molecule has 0 aromatic heterocycles. The fourth-order valence-electron chi connectivity index (χ4n) is 4.01. The SMILES string of the molecule is NC(=O)c1ccc(OC2CCC(C[C@H](N)C(=O)N3CCCC3)CC2)cc1. The van der Waals surface area contributed by atoms with Gasteiger partial charge in [-0.1, -0.05) is 0 Å². The number of likely N-dealkylation sites (tertiary alicyclic amines) is 1. The highest BCUT2D eigenvalue weighted by Gasteiger charge is 2.29. The van der Waals surface area contributed by atoms with Crippen molar-refractivity contribution in [3.63, 3.8) is 0 Å². The lowest BCUT2D eigenvalue weighted by Gasteiger charge is -2.31. The summed E-state index contributed by atoms with van der Waals surface area (Å²) in [4.78, 5) is 25.4. The summed E-state index contributed by atoms with van der Waals surface area (Å²) in [6.07, 6.45) is 7.14. The van der Waals surface area contributed by atoms with Gasteiger partial charge in [0.2, 0.25) is 11.8 Å². The van der Waals surface area contributed by atoms with Crippen LogP contribution in [0.5, 0.6) is 5.75 Å². The van der Waals surface area contributed by atoms with Crippen molar-refractivity contribution in [2.75, 3.05) is 13.1 Å². The van der Waals surface area contributed by atoms with E-state index < -0.39 is 5.91 Å². The molecule has 26 heavy (non-hydrogen) atoms. The Balaban J connectivity index is 1.42. The predicted molar refractivity (Wildman–Crippen MR) is 99.7 cm³/mol. The van der Waals surface area contributed by atoms with E-state index >= 15 is 0 Å². The van der Waals surface area contributed by atoms with E-state index in [0.717, 1.165) is 63.8 Å². The van der Waals surface area contributed by atoms with Gasteiger partial charge in [0, 0.05) is 18.7 Å². The quantitative estimate of drug-likeness (QED) is 0.812. The summed E-state index contributed by atoms with van der Waals surface area (Å²) in [7, 11) is 0. The van der Waals surface area contributed by atoms with Crippen LogP contribution < -0.4 is 16.2 Å². The maximum atomic E-state index is 12.3. The van der Waals surface area contributed by atoms with Gasteiger partial charge in [-0.2, -0.15) is 0 Å². The Labute approximate surface area is 154 Å². The molecular formula is C20H29N3O3. The van der Waals surface area contributed by atoms with E-state index in [-0.39, 0.29) is 18.1 Å². The molecule has 1 aromatic rings. The molecule has 2 amide bonds. The number of hydrogen-bond donors (Lipinski definition) is 2. The summed E-state index contributed by atoms with van der Waals surface area (Å²) >= 11 is 0. The van der Waals surface area contributed by atoms with Gasteiger partial charge in [-0.05, 0) is 75.1 Å². The molecule has 6 heteroatoms. The molecule has 3 rings (SSSR count). The van der Waals surface area contributed by atoms with E-state index in [2.05, 4.69) is 0 Å². The first kappa shape index (κ1) is 18.7. The number of carbonyl (C=O) groups excluding carboxylic acids is 2. The summed E-state index contributed by atoms with van der Waals surface area (Å²) in [5.41, 5.74) is 11.9. The highest BCUT2D eigenvalue weighted by molar-refractivity contribution is 5.92. The van der Waals surface area contributed by atoms with Crippen molar-refractivity contribution in [2.45, 2.75) is 57.1 Å². The van der Waals surface area contributed by atoms with Gasteiger partial charge in [-0.15, -0.1) is 0 Å². The number of benzene rings is 1. The molecule has 0 unspecified atom stereocenters. The Morgan fingerprint density at radius 3 is 2.27 bits per heavy atom. The van der Waals surface area contributed by atoms with E-state index in [0.29, 0.717) is 11.5 Å². The van der Waals surface area contributed by atoms with Gasteiger partial charge in [0.05, 0.1) is 12.1 Å². The first-order valence-corrected chi connectivity index (χ1v) is 9.64. The molecule has 0 radical (unpaired) electrons. The fourth-order valence-corrected chi connectivity index (χ4v) is 4.01. The molecule has 2 fully saturated rings. The monoisotopic (exact) mass is 359 g/mol. The highest BCUT2D eigenvalue weighted by atomic mass is 16.5. The molecule has 1 saturated heterocycles. The number of primary amides is 1. The summed E-state index contributed by atoms with van der Waals surface area (Å²) in [5, 5.41) is 0. The van der Waals surface area contributed by atoms with Crippen LogP contribution in [0, 0.1) is 5.92 Å². The number of carbonyl (C=O) groups is 2. The second kappa shape index (κ2) is 8.54. The van der Waals surface area contributed by atoms with Crippen LogP contribution in [0.2, 0.25) is 0 Å². The van der Waals surface area contributed by atoms with E-state index in [4.69, 9.17) is 16.2 Å². The number of ether oxygens (including phenoxy) is 1. The first-order chi connectivity index (χ1) is 12.5. The van der Waals surface area contributed by atoms with Gasteiger partial charge in [-0.25, -0.2) is 0 Å². The molecule has 142 valence electrons. The largest absolute Gasteiger partial charge is 0.490 e. The molecule has 6 nitrogen and oxygen atoms in total. The zero-order chi connectivity index (χ0) is 18.5. The maximum absolute atomic E-state index is 12.3. The minimum atomic E-state index is -0.433. The third-order valence-electron chi connectivity index (χ3n) is 5.56. The number of amides is 2. The van der Waals surface area contributed by atoms with Crippen LogP contribution >= 0.6 is 0 Å². The highest BCUT2D eigenvalue weighted by Crippen LogP contribution is 2.30. The lowest BCUT2D eigenvalue weighted by atomic mass is 9.83. The van der Waals surface area contributed by atoms with Gasteiger partial charge in [0.15, 0.2) is 0 Å².